The molecule has 0 amide bonds. The van der Waals surface area contributed by atoms with Crippen LogP contribution in [0.5, 0.6) is 0 Å². The van der Waals surface area contributed by atoms with Gasteiger partial charge in [-0.2, -0.15) is 0 Å². The van der Waals surface area contributed by atoms with Crippen LogP contribution in [0, 0.1) is 5.82 Å². The second-order valence-electron chi connectivity index (χ2n) is 3.73. The van der Waals surface area contributed by atoms with Crippen LogP contribution in [0.1, 0.15) is 5.56 Å². The maximum Gasteiger partial charge on any atom is 0.147 e. The number of allylic oxidation sites excluding steroid dienone is 1. The van der Waals surface area contributed by atoms with E-state index < -0.39 is 0 Å². The fourth-order valence-corrected chi connectivity index (χ4v) is 2.09. The van der Waals surface area contributed by atoms with Crippen LogP contribution in [-0.2, 0) is 6.42 Å². The van der Waals surface area contributed by atoms with Crippen molar-refractivity contribution >= 4 is 39.0 Å². The highest BCUT2D eigenvalue weighted by Crippen LogP contribution is 2.26. The van der Waals surface area contributed by atoms with Crippen LogP contribution in [0.15, 0.2) is 41.7 Å². The van der Waals surface area contributed by atoms with E-state index in [0.717, 1.165) is 0 Å². The van der Waals surface area contributed by atoms with Crippen molar-refractivity contribution in [2.75, 3.05) is 5.32 Å². The predicted molar refractivity (Wildman–Crippen MR) is 78.3 cm³/mol. The molecule has 0 aliphatic heterocycles. The standard InChI is InChI=1S/C13H10BrClFN3/c1-2-3-9-12(15)17-7-18-13(9)19-11-5-4-8(14)6-10(11)16/h2,4-7H,1,3H2,(H,17,18,19). The monoisotopic (exact) mass is 341 g/mol. The van der Waals surface area contributed by atoms with E-state index in [1.165, 1.54) is 12.4 Å². The lowest BCUT2D eigenvalue weighted by molar-refractivity contribution is 0.631. The molecule has 2 aromatic rings. The van der Waals surface area contributed by atoms with Crippen LogP contribution in [0.2, 0.25) is 5.15 Å². The van der Waals surface area contributed by atoms with Crippen molar-refractivity contribution < 1.29 is 4.39 Å². The molecule has 1 N–H and O–H groups in total. The summed E-state index contributed by atoms with van der Waals surface area (Å²) in [6, 6.07) is 4.73. The Morgan fingerprint density at radius 3 is 2.89 bits per heavy atom. The van der Waals surface area contributed by atoms with Gasteiger partial charge in [-0.25, -0.2) is 14.4 Å². The summed E-state index contributed by atoms with van der Waals surface area (Å²) < 4.78 is 14.4. The molecule has 0 aliphatic carbocycles. The minimum Gasteiger partial charge on any atom is -0.337 e. The predicted octanol–water partition coefficient (Wildman–Crippen LogP) is 4.50. The second-order valence-corrected chi connectivity index (χ2v) is 5.01. The number of halogens is 3. The molecular formula is C13H10BrClFN3. The third kappa shape index (κ3) is 3.30. The largest absolute Gasteiger partial charge is 0.337 e. The highest BCUT2D eigenvalue weighted by molar-refractivity contribution is 9.10. The van der Waals surface area contributed by atoms with Crippen molar-refractivity contribution in [3.8, 4) is 0 Å². The number of nitrogens with zero attached hydrogens (tertiary/aromatic N) is 2. The smallest absolute Gasteiger partial charge is 0.147 e. The van der Waals surface area contributed by atoms with Gasteiger partial charge in [0.05, 0.1) is 5.69 Å². The van der Waals surface area contributed by atoms with Gasteiger partial charge in [0.2, 0.25) is 0 Å². The molecule has 6 heteroatoms. The van der Waals surface area contributed by atoms with Crippen LogP contribution in [0.4, 0.5) is 15.9 Å². The molecule has 0 radical (unpaired) electrons. The number of hydrogen-bond donors (Lipinski definition) is 1. The normalized spacial score (nSPS) is 10.3. The number of nitrogens with one attached hydrogen (secondary N) is 1. The van der Waals surface area contributed by atoms with Crippen LogP contribution < -0.4 is 5.32 Å². The second kappa shape index (κ2) is 6.12. The van der Waals surface area contributed by atoms with E-state index in [2.05, 4.69) is 37.8 Å². The van der Waals surface area contributed by atoms with E-state index in [1.807, 2.05) is 0 Å². The van der Waals surface area contributed by atoms with Crippen molar-refractivity contribution in [1.29, 1.82) is 0 Å². The van der Waals surface area contributed by atoms with Gasteiger partial charge in [0.1, 0.15) is 23.1 Å². The Kier molecular flexibility index (Phi) is 4.50. The number of anilines is 2. The molecule has 0 unspecified atom stereocenters. The SMILES string of the molecule is C=CCc1c(Cl)ncnc1Nc1ccc(Br)cc1F. The van der Waals surface area contributed by atoms with Gasteiger partial charge in [-0.15, -0.1) is 6.58 Å². The quantitative estimate of drug-likeness (QED) is 0.656. The maximum atomic E-state index is 13.8. The minimum atomic E-state index is -0.381. The van der Waals surface area contributed by atoms with Gasteiger partial charge in [-0.05, 0) is 24.6 Å². The van der Waals surface area contributed by atoms with Gasteiger partial charge < -0.3 is 5.32 Å². The third-order valence-electron chi connectivity index (χ3n) is 2.43. The Bertz CT molecular complexity index is 619. The van der Waals surface area contributed by atoms with E-state index in [1.54, 1.807) is 18.2 Å². The summed E-state index contributed by atoms with van der Waals surface area (Å²) in [6.45, 7) is 3.65. The lowest BCUT2D eigenvalue weighted by Gasteiger charge is -2.11. The molecular weight excluding hydrogens is 333 g/mol. The summed E-state index contributed by atoms with van der Waals surface area (Å²) in [7, 11) is 0. The first-order valence-corrected chi connectivity index (χ1v) is 6.61. The zero-order chi connectivity index (χ0) is 13.8. The number of aromatic nitrogens is 2. The Morgan fingerprint density at radius 2 is 2.21 bits per heavy atom. The number of hydrogen-bond acceptors (Lipinski definition) is 3. The van der Waals surface area contributed by atoms with Crippen molar-refractivity contribution in [2.24, 2.45) is 0 Å². The van der Waals surface area contributed by atoms with Crippen LogP contribution >= 0.6 is 27.5 Å². The first-order chi connectivity index (χ1) is 9.11. The summed E-state index contributed by atoms with van der Waals surface area (Å²) in [4.78, 5) is 7.99. The Labute approximate surface area is 123 Å². The Balaban J connectivity index is 2.37. The zero-order valence-corrected chi connectivity index (χ0v) is 12.2. The van der Waals surface area contributed by atoms with Gasteiger partial charge in [0.25, 0.3) is 0 Å². The van der Waals surface area contributed by atoms with Crippen LogP contribution in [0.3, 0.4) is 0 Å². The summed E-state index contributed by atoms with van der Waals surface area (Å²) >= 11 is 9.20. The fourth-order valence-electron chi connectivity index (χ4n) is 1.54. The summed E-state index contributed by atoms with van der Waals surface area (Å²) in [5.41, 5.74) is 1.00. The highest BCUT2D eigenvalue weighted by Gasteiger charge is 2.11. The van der Waals surface area contributed by atoms with E-state index in [4.69, 9.17) is 11.6 Å². The molecule has 3 nitrogen and oxygen atoms in total. The van der Waals surface area contributed by atoms with E-state index in [0.29, 0.717) is 33.1 Å². The van der Waals surface area contributed by atoms with Gasteiger partial charge in [0, 0.05) is 10.0 Å². The Morgan fingerprint density at radius 1 is 1.42 bits per heavy atom. The van der Waals surface area contributed by atoms with Crippen LogP contribution in [0.25, 0.3) is 0 Å². The molecule has 2 rings (SSSR count). The molecule has 0 bridgehead atoms. The Hall–Kier alpha value is -1.46. The van der Waals surface area contributed by atoms with Crippen LogP contribution in [-0.4, -0.2) is 9.97 Å². The van der Waals surface area contributed by atoms with E-state index in [9.17, 15) is 4.39 Å². The minimum absolute atomic E-state index is 0.322. The molecule has 0 spiro atoms. The molecule has 1 aromatic carbocycles. The summed E-state index contributed by atoms with van der Waals surface area (Å²) in [5.74, 6) is 0.0924. The average Bonchev–Trinajstić information content (AvgIpc) is 2.37. The third-order valence-corrected chi connectivity index (χ3v) is 3.24. The molecule has 1 heterocycles. The lowest BCUT2D eigenvalue weighted by Crippen LogP contribution is -2.02. The first-order valence-electron chi connectivity index (χ1n) is 5.44. The lowest BCUT2D eigenvalue weighted by atomic mass is 10.2. The van der Waals surface area contributed by atoms with Crippen molar-refractivity contribution in [1.82, 2.24) is 9.97 Å². The van der Waals surface area contributed by atoms with Crippen molar-refractivity contribution in [3.05, 3.63) is 58.2 Å². The first kappa shape index (κ1) is 14.0. The molecule has 0 fully saturated rings. The van der Waals surface area contributed by atoms with Gasteiger partial charge in [-0.3, -0.25) is 0 Å². The van der Waals surface area contributed by atoms with Gasteiger partial charge >= 0.3 is 0 Å². The van der Waals surface area contributed by atoms with Gasteiger partial charge in [0.15, 0.2) is 0 Å². The summed E-state index contributed by atoms with van der Waals surface area (Å²) in [6.07, 6.45) is 3.52. The zero-order valence-electron chi connectivity index (χ0n) is 9.83. The van der Waals surface area contributed by atoms with Crippen molar-refractivity contribution in [2.45, 2.75) is 6.42 Å². The number of benzene rings is 1. The fraction of sp³-hybridized carbons (Fsp3) is 0.0769. The van der Waals surface area contributed by atoms with Gasteiger partial charge in [-0.1, -0.05) is 33.6 Å². The van der Waals surface area contributed by atoms with E-state index in [-0.39, 0.29) is 5.82 Å². The maximum absolute atomic E-state index is 13.8. The molecule has 98 valence electrons. The topological polar surface area (TPSA) is 37.8 Å². The molecule has 0 saturated heterocycles. The average molecular weight is 343 g/mol. The summed E-state index contributed by atoms with van der Waals surface area (Å²) in [5, 5.41) is 3.24. The molecule has 19 heavy (non-hydrogen) atoms. The number of rotatable bonds is 4. The molecule has 1 aromatic heterocycles. The molecule has 0 saturated carbocycles. The van der Waals surface area contributed by atoms with E-state index >= 15 is 0 Å². The highest BCUT2D eigenvalue weighted by atomic mass is 79.9. The van der Waals surface area contributed by atoms with Crippen molar-refractivity contribution in [3.63, 3.8) is 0 Å². The molecule has 0 atom stereocenters. The molecule has 0 aliphatic rings.